The molecule has 0 unspecified atom stereocenters. The Bertz CT molecular complexity index is 831. The van der Waals surface area contributed by atoms with E-state index < -0.39 is 5.97 Å². The van der Waals surface area contributed by atoms with Gasteiger partial charge in [-0.05, 0) is 37.8 Å². The minimum absolute atomic E-state index is 0.167. The Kier molecular flexibility index (Phi) is 4.15. The van der Waals surface area contributed by atoms with Crippen LogP contribution in [0.15, 0.2) is 24.3 Å². The molecule has 0 amide bonds. The normalized spacial score (nSPS) is 18.2. The highest BCUT2D eigenvalue weighted by atomic mass is 16.4. The van der Waals surface area contributed by atoms with Gasteiger partial charge in [0.05, 0.1) is 28.2 Å². The Hall–Kier alpha value is -2.43. The van der Waals surface area contributed by atoms with Crippen LogP contribution in [0, 0.1) is 0 Å². The summed E-state index contributed by atoms with van der Waals surface area (Å²) in [5.41, 5.74) is 3.35. The van der Waals surface area contributed by atoms with Crippen molar-refractivity contribution < 1.29 is 14.7 Å². The van der Waals surface area contributed by atoms with E-state index in [-0.39, 0.29) is 11.3 Å². The fraction of sp³-hybridized carbons (Fsp3) is 0.450. The summed E-state index contributed by atoms with van der Waals surface area (Å²) < 4.78 is 1.74. The van der Waals surface area contributed by atoms with Crippen molar-refractivity contribution in [3.05, 3.63) is 46.8 Å². The lowest BCUT2D eigenvalue weighted by Gasteiger charge is -2.21. The summed E-state index contributed by atoms with van der Waals surface area (Å²) in [6, 6.07) is 6.91. The van der Waals surface area contributed by atoms with Gasteiger partial charge in [-0.25, -0.2) is 9.48 Å². The lowest BCUT2D eigenvalue weighted by atomic mass is 9.82. The molecule has 4 rings (SSSR count). The van der Waals surface area contributed by atoms with Crippen molar-refractivity contribution in [3.63, 3.8) is 0 Å². The second-order valence-corrected chi connectivity index (χ2v) is 7.05. The number of hydrogen-bond donors (Lipinski definition) is 1. The molecule has 2 aliphatic carbocycles. The van der Waals surface area contributed by atoms with Crippen LogP contribution in [-0.4, -0.2) is 26.6 Å². The van der Waals surface area contributed by atoms with Crippen LogP contribution >= 0.6 is 0 Å². The van der Waals surface area contributed by atoms with Gasteiger partial charge < -0.3 is 5.11 Å². The fourth-order valence-electron chi connectivity index (χ4n) is 4.25. The van der Waals surface area contributed by atoms with Crippen molar-refractivity contribution in [2.45, 2.75) is 57.3 Å². The van der Waals surface area contributed by atoms with E-state index in [4.69, 9.17) is 5.10 Å². The van der Waals surface area contributed by atoms with Gasteiger partial charge in [0.25, 0.3) is 0 Å². The van der Waals surface area contributed by atoms with E-state index >= 15 is 0 Å². The number of fused-ring (bicyclic) bond motifs is 1. The summed E-state index contributed by atoms with van der Waals surface area (Å²) in [5.74, 6) is -0.482. The van der Waals surface area contributed by atoms with Crippen molar-refractivity contribution in [2.75, 3.05) is 0 Å². The van der Waals surface area contributed by atoms with E-state index in [9.17, 15) is 14.7 Å². The van der Waals surface area contributed by atoms with Gasteiger partial charge in [-0.3, -0.25) is 4.79 Å². The maximum Gasteiger partial charge on any atom is 0.337 e. The van der Waals surface area contributed by atoms with Crippen LogP contribution in [-0.2, 0) is 6.42 Å². The molecule has 5 nitrogen and oxygen atoms in total. The average Bonchev–Trinajstić information content (AvgIpc) is 3.03. The van der Waals surface area contributed by atoms with Crippen LogP contribution in [0.1, 0.15) is 83.0 Å². The van der Waals surface area contributed by atoms with Gasteiger partial charge >= 0.3 is 5.97 Å². The molecule has 1 aromatic heterocycles. The predicted octanol–water partition coefficient (Wildman–Crippen LogP) is 4.14. The zero-order chi connectivity index (χ0) is 17.4. The van der Waals surface area contributed by atoms with Crippen molar-refractivity contribution in [3.8, 4) is 5.69 Å². The van der Waals surface area contributed by atoms with Crippen molar-refractivity contribution in [1.82, 2.24) is 9.78 Å². The minimum atomic E-state index is -0.971. The lowest BCUT2D eigenvalue weighted by molar-refractivity contribution is 0.0696. The highest BCUT2D eigenvalue weighted by Gasteiger charge is 2.32. The molecule has 0 spiro atoms. The van der Waals surface area contributed by atoms with E-state index in [0.29, 0.717) is 18.0 Å². The zero-order valence-corrected chi connectivity index (χ0v) is 14.2. The van der Waals surface area contributed by atoms with E-state index in [1.54, 1.807) is 22.9 Å². The molecule has 0 saturated heterocycles. The molecule has 0 radical (unpaired) electrons. The molecule has 130 valence electrons. The van der Waals surface area contributed by atoms with Gasteiger partial charge in [0.2, 0.25) is 0 Å². The number of hydrogen-bond acceptors (Lipinski definition) is 3. The first-order valence-corrected chi connectivity index (χ1v) is 9.14. The van der Waals surface area contributed by atoms with Crippen LogP contribution in [0.25, 0.3) is 5.69 Å². The molecule has 5 heteroatoms. The molecular weight excluding hydrogens is 316 g/mol. The summed E-state index contributed by atoms with van der Waals surface area (Å²) in [5, 5.41) is 14.3. The van der Waals surface area contributed by atoms with Crippen molar-refractivity contribution in [2.24, 2.45) is 0 Å². The minimum Gasteiger partial charge on any atom is -0.478 e. The number of aromatic carboxylic acids is 1. The monoisotopic (exact) mass is 338 g/mol. The molecule has 1 fully saturated rings. The van der Waals surface area contributed by atoms with Gasteiger partial charge in [-0.15, -0.1) is 0 Å². The number of benzene rings is 1. The van der Waals surface area contributed by atoms with Gasteiger partial charge in [0.1, 0.15) is 0 Å². The number of para-hydroxylation sites is 1. The third-order valence-electron chi connectivity index (χ3n) is 5.46. The van der Waals surface area contributed by atoms with Crippen molar-refractivity contribution >= 4 is 11.8 Å². The molecule has 0 bridgehead atoms. The molecule has 2 aliphatic rings. The molecule has 0 atom stereocenters. The Balaban J connectivity index is 1.89. The summed E-state index contributed by atoms with van der Waals surface area (Å²) in [6.45, 7) is 0. The van der Waals surface area contributed by atoms with E-state index in [0.717, 1.165) is 42.6 Å². The van der Waals surface area contributed by atoms with E-state index in [1.807, 2.05) is 6.07 Å². The number of carbonyl (C=O) groups is 2. The third-order valence-corrected chi connectivity index (χ3v) is 5.46. The SMILES string of the molecule is O=C(O)c1ccccc1-n1nc(C2CCCCC2)c2c1CCCC2=O. The number of carboxylic acid groups (broad SMARTS) is 1. The molecular formula is C20H22N2O3. The van der Waals surface area contributed by atoms with E-state index in [2.05, 4.69) is 0 Å². The number of carboxylic acids is 1. The quantitative estimate of drug-likeness (QED) is 0.913. The number of rotatable bonds is 3. The number of carbonyl (C=O) groups excluding carboxylic acids is 1. The average molecular weight is 338 g/mol. The number of Topliss-reactive ketones (excluding diaryl/α,β-unsaturated/α-hetero) is 1. The Morgan fingerprint density at radius 3 is 2.60 bits per heavy atom. The maximum absolute atomic E-state index is 12.6. The summed E-state index contributed by atoms with van der Waals surface area (Å²) in [6.07, 6.45) is 7.87. The first-order valence-electron chi connectivity index (χ1n) is 9.14. The highest BCUT2D eigenvalue weighted by Crippen LogP contribution is 2.38. The molecule has 1 saturated carbocycles. The van der Waals surface area contributed by atoms with E-state index in [1.165, 1.54) is 19.3 Å². The van der Waals surface area contributed by atoms with Gasteiger partial charge in [0.15, 0.2) is 5.78 Å². The molecule has 1 N–H and O–H groups in total. The molecule has 1 aromatic carbocycles. The number of aromatic nitrogens is 2. The Morgan fingerprint density at radius 2 is 1.84 bits per heavy atom. The Morgan fingerprint density at radius 1 is 1.08 bits per heavy atom. The van der Waals surface area contributed by atoms with Gasteiger partial charge in [-0.2, -0.15) is 5.10 Å². The maximum atomic E-state index is 12.6. The molecule has 0 aliphatic heterocycles. The number of nitrogens with zero attached hydrogens (tertiary/aromatic N) is 2. The van der Waals surface area contributed by atoms with Crippen LogP contribution < -0.4 is 0 Å². The van der Waals surface area contributed by atoms with Gasteiger partial charge in [-0.1, -0.05) is 31.4 Å². The second kappa shape index (κ2) is 6.47. The first kappa shape index (κ1) is 16.1. The third kappa shape index (κ3) is 2.77. The summed E-state index contributed by atoms with van der Waals surface area (Å²) >= 11 is 0. The lowest BCUT2D eigenvalue weighted by Crippen LogP contribution is -2.16. The van der Waals surface area contributed by atoms with Crippen LogP contribution in [0.2, 0.25) is 0 Å². The summed E-state index contributed by atoms with van der Waals surface area (Å²) in [7, 11) is 0. The van der Waals surface area contributed by atoms with Crippen LogP contribution in [0.3, 0.4) is 0 Å². The zero-order valence-electron chi connectivity index (χ0n) is 14.2. The smallest absolute Gasteiger partial charge is 0.337 e. The Labute approximate surface area is 146 Å². The van der Waals surface area contributed by atoms with Crippen molar-refractivity contribution in [1.29, 1.82) is 0 Å². The predicted molar refractivity (Wildman–Crippen MR) is 93.6 cm³/mol. The standard InChI is InChI=1S/C20H22N2O3/c23-17-12-6-11-16-18(17)19(13-7-2-1-3-8-13)21-22(16)15-10-5-4-9-14(15)20(24)25/h4-5,9-10,13H,1-3,6-8,11-12H2,(H,24,25). The number of ketones is 1. The first-order chi connectivity index (χ1) is 12.2. The molecule has 1 heterocycles. The van der Waals surface area contributed by atoms with Crippen LogP contribution in [0.4, 0.5) is 0 Å². The summed E-state index contributed by atoms with van der Waals surface area (Å²) in [4.78, 5) is 24.3. The molecule has 2 aromatic rings. The topological polar surface area (TPSA) is 72.2 Å². The fourth-order valence-corrected chi connectivity index (χ4v) is 4.25. The largest absolute Gasteiger partial charge is 0.478 e. The highest BCUT2D eigenvalue weighted by molar-refractivity contribution is 6.00. The molecule has 25 heavy (non-hydrogen) atoms. The van der Waals surface area contributed by atoms with Crippen LogP contribution in [0.5, 0.6) is 0 Å². The van der Waals surface area contributed by atoms with Gasteiger partial charge in [0, 0.05) is 12.3 Å². The second-order valence-electron chi connectivity index (χ2n) is 7.05.